The van der Waals surface area contributed by atoms with E-state index in [9.17, 15) is 4.79 Å². The van der Waals surface area contributed by atoms with Crippen molar-refractivity contribution in [2.24, 2.45) is 0 Å². The minimum Gasteiger partial charge on any atom is -0.461 e. The summed E-state index contributed by atoms with van der Waals surface area (Å²) in [6, 6.07) is 0. The van der Waals surface area contributed by atoms with Gasteiger partial charge in [0.1, 0.15) is 0 Å². The van der Waals surface area contributed by atoms with Crippen LogP contribution in [0.3, 0.4) is 0 Å². The van der Waals surface area contributed by atoms with E-state index in [1.54, 1.807) is 13.1 Å². The number of esters is 1. The van der Waals surface area contributed by atoms with Crippen molar-refractivity contribution >= 4 is 5.97 Å². The van der Waals surface area contributed by atoms with Crippen molar-refractivity contribution in [2.45, 2.75) is 13.5 Å². The molecule has 0 amide bonds. The Morgan fingerprint density at radius 3 is 2.74 bits per heavy atom. The molecule has 2 heterocycles. The molecule has 0 aliphatic carbocycles. The summed E-state index contributed by atoms with van der Waals surface area (Å²) in [6.07, 6.45) is 3.16. The molecule has 0 radical (unpaired) electrons. The highest BCUT2D eigenvalue weighted by Gasteiger charge is 2.16. The summed E-state index contributed by atoms with van der Waals surface area (Å²) in [5.74, 6) is -0.407. The molecule has 6 heteroatoms. The lowest BCUT2D eigenvalue weighted by molar-refractivity contribution is 0.0518. The van der Waals surface area contributed by atoms with Crippen LogP contribution in [0.1, 0.15) is 23.1 Å². The average molecular weight is 264 g/mol. The maximum Gasteiger partial charge on any atom is 0.358 e. The fourth-order valence-electron chi connectivity index (χ4n) is 2.02. The summed E-state index contributed by atoms with van der Waals surface area (Å²) < 4.78 is 4.93. The molecule has 6 nitrogen and oxygen atoms in total. The molecule has 0 spiro atoms. The summed E-state index contributed by atoms with van der Waals surface area (Å²) in [4.78, 5) is 24.6. The monoisotopic (exact) mass is 264 g/mol. The fraction of sp³-hybridized carbons (Fsp3) is 0.615. The third kappa shape index (κ3) is 3.97. The van der Waals surface area contributed by atoms with Crippen molar-refractivity contribution in [3.63, 3.8) is 0 Å². The summed E-state index contributed by atoms with van der Waals surface area (Å²) in [5, 5.41) is 0. The molecule has 2 rings (SSSR count). The largest absolute Gasteiger partial charge is 0.461 e. The summed E-state index contributed by atoms with van der Waals surface area (Å²) >= 11 is 0. The van der Waals surface area contributed by atoms with Gasteiger partial charge in [-0.25, -0.2) is 9.78 Å². The van der Waals surface area contributed by atoms with Gasteiger partial charge in [0.25, 0.3) is 0 Å². The Morgan fingerprint density at radius 1 is 1.32 bits per heavy atom. The Morgan fingerprint density at radius 2 is 2.05 bits per heavy atom. The number of aromatic nitrogens is 2. The minimum absolute atomic E-state index is 0.286. The molecule has 1 fully saturated rings. The van der Waals surface area contributed by atoms with E-state index in [4.69, 9.17) is 4.74 Å². The smallest absolute Gasteiger partial charge is 0.358 e. The maximum absolute atomic E-state index is 11.6. The van der Waals surface area contributed by atoms with Gasteiger partial charge in [-0.05, 0) is 14.0 Å². The molecule has 1 aliphatic heterocycles. The molecule has 1 aromatic rings. The highest BCUT2D eigenvalue weighted by molar-refractivity contribution is 5.86. The van der Waals surface area contributed by atoms with Gasteiger partial charge in [-0.15, -0.1) is 0 Å². The van der Waals surface area contributed by atoms with E-state index >= 15 is 0 Å². The number of carbonyl (C=O) groups is 1. The van der Waals surface area contributed by atoms with Crippen LogP contribution in [0, 0.1) is 0 Å². The van der Waals surface area contributed by atoms with Crippen molar-refractivity contribution in [2.75, 3.05) is 39.8 Å². The number of piperazine rings is 1. The zero-order valence-corrected chi connectivity index (χ0v) is 11.5. The second-order valence-corrected chi connectivity index (χ2v) is 4.70. The van der Waals surface area contributed by atoms with Gasteiger partial charge in [0.05, 0.1) is 18.5 Å². The Hall–Kier alpha value is -1.53. The minimum atomic E-state index is -0.407. The normalized spacial score (nSPS) is 17.4. The number of hydrogen-bond donors (Lipinski definition) is 0. The maximum atomic E-state index is 11.6. The zero-order chi connectivity index (χ0) is 13.7. The van der Waals surface area contributed by atoms with Crippen LogP contribution in [0.5, 0.6) is 0 Å². The van der Waals surface area contributed by atoms with Gasteiger partial charge in [0.2, 0.25) is 0 Å². The summed E-state index contributed by atoms with van der Waals surface area (Å²) in [7, 11) is 2.12. The van der Waals surface area contributed by atoms with E-state index in [2.05, 4.69) is 26.8 Å². The SMILES string of the molecule is CCOC(=O)c1cncc(CN2CCN(C)CC2)n1. The topological polar surface area (TPSA) is 58.6 Å². The summed E-state index contributed by atoms with van der Waals surface area (Å²) in [5.41, 5.74) is 1.10. The van der Waals surface area contributed by atoms with Crippen molar-refractivity contribution in [1.29, 1.82) is 0 Å². The quantitative estimate of drug-likeness (QED) is 0.734. The first-order valence-corrected chi connectivity index (χ1v) is 6.58. The van der Waals surface area contributed by atoms with E-state index in [1.807, 2.05) is 0 Å². The third-order valence-electron chi connectivity index (χ3n) is 3.15. The highest BCUT2D eigenvalue weighted by atomic mass is 16.5. The Balaban J connectivity index is 1.97. The molecule has 0 atom stereocenters. The van der Waals surface area contributed by atoms with E-state index in [1.165, 1.54) is 6.20 Å². The lowest BCUT2D eigenvalue weighted by Gasteiger charge is -2.31. The number of nitrogens with zero attached hydrogens (tertiary/aromatic N) is 4. The molecule has 1 saturated heterocycles. The molecule has 1 aliphatic rings. The number of rotatable bonds is 4. The third-order valence-corrected chi connectivity index (χ3v) is 3.15. The number of likely N-dealkylation sites (N-methyl/N-ethyl adjacent to an activating group) is 1. The van der Waals surface area contributed by atoms with Crippen molar-refractivity contribution < 1.29 is 9.53 Å². The van der Waals surface area contributed by atoms with Crippen molar-refractivity contribution in [3.8, 4) is 0 Å². The molecule has 104 valence electrons. The van der Waals surface area contributed by atoms with Gasteiger partial charge in [-0.2, -0.15) is 0 Å². The molecule has 1 aromatic heterocycles. The van der Waals surface area contributed by atoms with Gasteiger partial charge < -0.3 is 9.64 Å². The Kier molecular flexibility index (Phi) is 4.81. The Bertz CT molecular complexity index is 430. The van der Waals surface area contributed by atoms with Crippen molar-refractivity contribution in [3.05, 3.63) is 23.8 Å². The average Bonchev–Trinajstić information content (AvgIpc) is 2.42. The van der Waals surface area contributed by atoms with Gasteiger partial charge in [0.15, 0.2) is 5.69 Å². The Labute approximate surface area is 113 Å². The van der Waals surface area contributed by atoms with E-state index < -0.39 is 5.97 Å². The van der Waals surface area contributed by atoms with Crippen LogP contribution >= 0.6 is 0 Å². The van der Waals surface area contributed by atoms with Crippen molar-refractivity contribution in [1.82, 2.24) is 19.8 Å². The molecule has 0 unspecified atom stereocenters. The van der Waals surface area contributed by atoms with Crippen LogP contribution in [0.4, 0.5) is 0 Å². The van der Waals surface area contributed by atoms with Crippen LogP contribution in [0.25, 0.3) is 0 Å². The van der Waals surface area contributed by atoms with Crippen LogP contribution in [-0.4, -0.2) is 65.6 Å². The predicted molar refractivity (Wildman–Crippen MR) is 70.8 cm³/mol. The summed E-state index contributed by atoms with van der Waals surface area (Å²) in [6.45, 7) is 7.01. The molecule has 19 heavy (non-hydrogen) atoms. The van der Waals surface area contributed by atoms with Gasteiger partial charge in [-0.1, -0.05) is 0 Å². The lowest BCUT2D eigenvalue weighted by atomic mass is 10.3. The van der Waals surface area contributed by atoms with E-state index in [0.717, 1.165) is 38.4 Å². The van der Waals surface area contributed by atoms with Gasteiger partial charge in [-0.3, -0.25) is 9.88 Å². The van der Waals surface area contributed by atoms with E-state index in [0.29, 0.717) is 6.61 Å². The molecular weight excluding hydrogens is 244 g/mol. The number of ether oxygens (including phenoxy) is 1. The van der Waals surface area contributed by atoms with Crippen LogP contribution < -0.4 is 0 Å². The standard InChI is InChI=1S/C13H20N4O2/c1-3-19-13(18)12-9-14-8-11(15-12)10-17-6-4-16(2)5-7-17/h8-9H,3-7,10H2,1-2H3. The van der Waals surface area contributed by atoms with Crippen LogP contribution in [0.2, 0.25) is 0 Å². The molecular formula is C13H20N4O2. The van der Waals surface area contributed by atoms with Gasteiger partial charge in [0, 0.05) is 38.9 Å². The molecule has 0 saturated carbocycles. The first-order valence-electron chi connectivity index (χ1n) is 6.58. The number of hydrogen-bond acceptors (Lipinski definition) is 6. The first kappa shape index (κ1) is 13.9. The number of carbonyl (C=O) groups excluding carboxylic acids is 1. The molecule has 0 bridgehead atoms. The van der Waals surface area contributed by atoms with E-state index in [-0.39, 0.29) is 5.69 Å². The predicted octanol–water partition coefficient (Wildman–Crippen LogP) is 0.401. The fourth-order valence-corrected chi connectivity index (χ4v) is 2.02. The molecule has 0 N–H and O–H groups in total. The zero-order valence-electron chi connectivity index (χ0n) is 11.5. The first-order chi connectivity index (χ1) is 9.19. The van der Waals surface area contributed by atoms with Crippen LogP contribution in [0.15, 0.2) is 12.4 Å². The lowest BCUT2D eigenvalue weighted by Crippen LogP contribution is -2.44. The van der Waals surface area contributed by atoms with Crippen LogP contribution in [-0.2, 0) is 11.3 Å². The van der Waals surface area contributed by atoms with Gasteiger partial charge >= 0.3 is 5.97 Å². The second-order valence-electron chi connectivity index (χ2n) is 4.70. The highest BCUT2D eigenvalue weighted by Crippen LogP contribution is 2.06. The molecule has 0 aromatic carbocycles. The second kappa shape index (κ2) is 6.58.